The van der Waals surface area contributed by atoms with E-state index in [1.54, 1.807) is 6.07 Å². The molecule has 1 aromatic carbocycles. The van der Waals surface area contributed by atoms with E-state index in [4.69, 9.17) is 16.7 Å². The molecule has 5 nitrogen and oxygen atoms in total. The lowest BCUT2D eigenvalue weighted by atomic mass is 10.2. The lowest BCUT2D eigenvalue weighted by Crippen LogP contribution is -2.21. The van der Waals surface area contributed by atoms with Crippen molar-refractivity contribution in [2.45, 2.75) is 13.3 Å². The van der Waals surface area contributed by atoms with E-state index in [1.165, 1.54) is 12.1 Å². The van der Waals surface area contributed by atoms with Crippen LogP contribution >= 0.6 is 11.6 Å². The largest absolute Gasteiger partial charge is 0.478 e. The summed E-state index contributed by atoms with van der Waals surface area (Å²) < 4.78 is 0. The Labute approximate surface area is 110 Å². The SMILES string of the molecule is CCNCCC(=O)Nc1ccc(Cl)c(C(=O)O)c1. The predicted octanol–water partition coefficient (Wildman–Crippen LogP) is 1.98. The van der Waals surface area contributed by atoms with Gasteiger partial charge < -0.3 is 15.7 Å². The molecule has 0 saturated carbocycles. The summed E-state index contributed by atoms with van der Waals surface area (Å²) in [4.78, 5) is 22.4. The maximum absolute atomic E-state index is 11.5. The van der Waals surface area contributed by atoms with Crippen molar-refractivity contribution in [3.05, 3.63) is 28.8 Å². The molecule has 3 N–H and O–H groups in total. The number of aromatic carboxylic acids is 1. The van der Waals surface area contributed by atoms with Crippen LogP contribution in [0.4, 0.5) is 5.69 Å². The van der Waals surface area contributed by atoms with Crippen molar-refractivity contribution in [1.82, 2.24) is 5.32 Å². The average molecular weight is 271 g/mol. The molecule has 0 spiro atoms. The molecule has 0 bridgehead atoms. The fourth-order valence-electron chi connectivity index (χ4n) is 1.37. The van der Waals surface area contributed by atoms with Gasteiger partial charge in [0.05, 0.1) is 10.6 Å². The third kappa shape index (κ3) is 4.35. The first-order chi connectivity index (χ1) is 8.54. The molecule has 0 aliphatic heterocycles. The summed E-state index contributed by atoms with van der Waals surface area (Å²) in [6.45, 7) is 3.34. The van der Waals surface area contributed by atoms with Crippen LogP contribution in [0.25, 0.3) is 0 Å². The topological polar surface area (TPSA) is 78.4 Å². The van der Waals surface area contributed by atoms with Crippen LogP contribution in [0.3, 0.4) is 0 Å². The molecular formula is C12H15ClN2O3. The standard InChI is InChI=1S/C12H15ClN2O3/c1-2-14-6-5-11(16)15-8-3-4-10(13)9(7-8)12(17)18/h3-4,7,14H,2,5-6H2,1H3,(H,15,16)(H,17,18). The molecule has 6 heteroatoms. The molecule has 0 atom stereocenters. The van der Waals surface area contributed by atoms with Gasteiger partial charge in [0.15, 0.2) is 0 Å². The molecular weight excluding hydrogens is 256 g/mol. The highest BCUT2D eigenvalue weighted by Crippen LogP contribution is 2.20. The van der Waals surface area contributed by atoms with Gasteiger partial charge in [-0.05, 0) is 24.7 Å². The van der Waals surface area contributed by atoms with Crippen LogP contribution in [-0.4, -0.2) is 30.1 Å². The minimum atomic E-state index is -1.12. The van der Waals surface area contributed by atoms with Gasteiger partial charge in [0.1, 0.15) is 0 Å². The van der Waals surface area contributed by atoms with E-state index >= 15 is 0 Å². The average Bonchev–Trinajstić information content (AvgIpc) is 2.31. The number of carbonyl (C=O) groups is 2. The third-order valence-corrected chi connectivity index (χ3v) is 2.59. The Morgan fingerprint density at radius 1 is 1.39 bits per heavy atom. The predicted molar refractivity (Wildman–Crippen MR) is 70.2 cm³/mol. The number of anilines is 1. The summed E-state index contributed by atoms with van der Waals surface area (Å²) in [5.74, 6) is -1.29. The highest BCUT2D eigenvalue weighted by Gasteiger charge is 2.10. The number of halogens is 1. The normalized spacial score (nSPS) is 10.1. The summed E-state index contributed by atoms with van der Waals surface area (Å²) >= 11 is 5.73. The number of amides is 1. The fourth-order valence-corrected chi connectivity index (χ4v) is 1.57. The number of hydrogen-bond acceptors (Lipinski definition) is 3. The highest BCUT2D eigenvalue weighted by atomic mass is 35.5. The van der Waals surface area contributed by atoms with Gasteiger partial charge >= 0.3 is 5.97 Å². The Morgan fingerprint density at radius 2 is 2.11 bits per heavy atom. The van der Waals surface area contributed by atoms with E-state index in [0.717, 1.165) is 6.54 Å². The van der Waals surface area contributed by atoms with Crippen molar-refractivity contribution in [1.29, 1.82) is 0 Å². The van der Waals surface area contributed by atoms with Crippen molar-refractivity contribution < 1.29 is 14.7 Å². The zero-order valence-electron chi connectivity index (χ0n) is 10.00. The van der Waals surface area contributed by atoms with Crippen LogP contribution in [0.5, 0.6) is 0 Å². The Kier molecular flexibility index (Phi) is 5.61. The van der Waals surface area contributed by atoms with E-state index < -0.39 is 5.97 Å². The van der Waals surface area contributed by atoms with Crippen LogP contribution in [0.2, 0.25) is 5.02 Å². The second kappa shape index (κ2) is 6.98. The minimum Gasteiger partial charge on any atom is -0.478 e. The molecule has 1 aromatic rings. The number of carbonyl (C=O) groups excluding carboxylic acids is 1. The highest BCUT2D eigenvalue weighted by molar-refractivity contribution is 6.33. The number of nitrogens with one attached hydrogen (secondary N) is 2. The minimum absolute atomic E-state index is 0.0267. The molecule has 0 heterocycles. The molecule has 0 radical (unpaired) electrons. The first kappa shape index (κ1) is 14.5. The van der Waals surface area contributed by atoms with Crippen molar-refractivity contribution in [2.75, 3.05) is 18.4 Å². The summed E-state index contributed by atoms with van der Waals surface area (Å²) in [6.07, 6.45) is 0.332. The maximum atomic E-state index is 11.5. The zero-order chi connectivity index (χ0) is 13.5. The van der Waals surface area contributed by atoms with Crippen molar-refractivity contribution in [2.24, 2.45) is 0 Å². The van der Waals surface area contributed by atoms with E-state index in [1.807, 2.05) is 6.92 Å². The molecule has 0 unspecified atom stereocenters. The summed E-state index contributed by atoms with van der Waals surface area (Å²) in [5.41, 5.74) is 0.402. The smallest absolute Gasteiger partial charge is 0.337 e. The van der Waals surface area contributed by atoms with Crippen LogP contribution in [-0.2, 0) is 4.79 Å². The molecule has 1 rings (SSSR count). The van der Waals surface area contributed by atoms with Gasteiger partial charge in [-0.1, -0.05) is 18.5 Å². The van der Waals surface area contributed by atoms with Gasteiger partial charge in [0.25, 0.3) is 0 Å². The number of benzene rings is 1. The molecule has 0 aliphatic carbocycles. The molecule has 0 saturated heterocycles. The number of rotatable bonds is 6. The van der Waals surface area contributed by atoms with Crippen molar-refractivity contribution in [3.8, 4) is 0 Å². The number of carboxylic acid groups (broad SMARTS) is 1. The van der Waals surface area contributed by atoms with Gasteiger partial charge in [0.2, 0.25) is 5.91 Å². The van der Waals surface area contributed by atoms with Crippen LogP contribution in [0.15, 0.2) is 18.2 Å². The number of hydrogen-bond donors (Lipinski definition) is 3. The van der Waals surface area contributed by atoms with E-state index in [-0.39, 0.29) is 16.5 Å². The summed E-state index contributed by atoms with van der Waals surface area (Å²) in [7, 11) is 0. The van der Waals surface area contributed by atoms with E-state index in [9.17, 15) is 9.59 Å². The van der Waals surface area contributed by atoms with Gasteiger partial charge in [-0.2, -0.15) is 0 Å². The maximum Gasteiger partial charge on any atom is 0.337 e. The third-order valence-electron chi connectivity index (χ3n) is 2.26. The van der Waals surface area contributed by atoms with Crippen molar-refractivity contribution in [3.63, 3.8) is 0 Å². The Morgan fingerprint density at radius 3 is 2.72 bits per heavy atom. The second-order valence-corrected chi connectivity index (χ2v) is 4.06. The molecule has 1 amide bonds. The fraction of sp³-hybridized carbons (Fsp3) is 0.333. The summed E-state index contributed by atoms with van der Waals surface area (Å²) in [5, 5.41) is 14.7. The van der Waals surface area contributed by atoms with Gasteiger partial charge in [0, 0.05) is 18.7 Å². The first-order valence-corrected chi connectivity index (χ1v) is 5.95. The summed E-state index contributed by atoms with van der Waals surface area (Å²) in [6, 6.07) is 4.36. The molecule has 0 fully saturated rings. The lowest BCUT2D eigenvalue weighted by Gasteiger charge is -2.07. The molecule has 98 valence electrons. The quantitative estimate of drug-likeness (QED) is 0.691. The first-order valence-electron chi connectivity index (χ1n) is 5.58. The van der Waals surface area contributed by atoms with Crippen LogP contribution in [0, 0.1) is 0 Å². The second-order valence-electron chi connectivity index (χ2n) is 3.65. The molecule has 0 aliphatic rings. The van der Waals surface area contributed by atoms with Crippen molar-refractivity contribution >= 4 is 29.2 Å². The van der Waals surface area contributed by atoms with E-state index in [0.29, 0.717) is 18.7 Å². The van der Waals surface area contributed by atoms with Gasteiger partial charge in [-0.15, -0.1) is 0 Å². The van der Waals surface area contributed by atoms with Gasteiger partial charge in [-0.3, -0.25) is 4.79 Å². The molecule has 18 heavy (non-hydrogen) atoms. The van der Waals surface area contributed by atoms with Gasteiger partial charge in [-0.25, -0.2) is 4.79 Å². The number of carboxylic acids is 1. The Balaban J connectivity index is 2.65. The molecule has 0 aromatic heterocycles. The Hall–Kier alpha value is -1.59. The van der Waals surface area contributed by atoms with E-state index in [2.05, 4.69) is 10.6 Å². The van der Waals surface area contributed by atoms with Crippen LogP contribution < -0.4 is 10.6 Å². The zero-order valence-corrected chi connectivity index (χ0v) is 10.8. The Bertz CT molecular complexity index is 449. The monoisotopic (exact) mass is 270 g/mol. The lowest BCUT2D eigenvalue weighted by molar-refractivity contribution is -0.116. The van der Waals surface area contributed by atoms with Crippen LogP contribution in [0.1, 0.15) is 23.7 Å².